The molecule has 2 heterocycles. The summed E-state index contributed by atoms with van der Waals surface area (Å²) in [5.74, 6) is 0.139. The van der Waals surface area contributed by atoms with Gasteiger partial charge in [-0.05, 0) is 31.2 Å². The monoisotopic (exact) mass is 356 g/mol. The Bertz CT molecular complexity index is 1010. The fourth-order valence-electron chi connectivity index (χ4n) is 2.22. The summed E-state index contributed by atoms with van der Waals surface area (Å²) in [5, 5.41) is 0. The number of nitrogens with one attached hydrogen (secondary N) is 1. The van der Waals surface area contributed by atoms with Gasteiger partial charge in [0.1, 0.15) is 5.82 Å². The molecule has 0 aliphatic carbocycles. The number of aryl methyl sites for hydroxylation is 2. The topological polar surface area (TPSA) is 94.0 Å². The number of pyridine rings is 1. The second kappa shape index (κ2) is 6.48. The molecule has 1 aromatic carbocycles. The van der Waals surface area contributed by atoms with E-state index in [0.29, 0.717) is 5.56 Å². The summed E-state index contributed by atoms with van der Waals surface area (Å²) >= 11 is 0. The molecule has 0 spiro atoms. The fraction of sp³-hybridized carbons (Fsp3) is 0.118. The Labute approximate surface area is 145 Å². The van der Waals surface area contributed by atoms with Gasteiger partial charge in [-0.25, -0.2) is 18.4 Å². The van der Waals surface area contributed by atoms with Gasteiger partial charge < -0.3 is 4.57 Å². The Morgan fingerprint density at radius 2 is 1.80 bits per heavy atom. The predicted octanol–water partition coefficient (Wildman–Crippen LogP) is 2.16. The van der Waals surface area contributed by atoms with E-state index in [9.17, 15) is 13.2 Å². The average Bonchev–Trinajstić information content (AvgIpc) is 3.01. The maximum atomic E-state index is 12.3. The van der Waals surface area contributed by atoms with Gasteiger partial charge in [0, 0.05) is 31.2 Å². The minimum atomic E-state index is -3.73. The molecule has 128 valence electrons. The largest absolute Gasteiger partial charge is 0.331 e. The van der Waals surface area contributed by atoms with Gasteiger partial charge in [0.25, 0.3) is 10.0 Å². The SMILES string of the molecule is Cc1ccc(S(=O)(=O)Nc2ccc(C(=O)c3nccn3C)cn2)cc1. The summed E-state index contributed by atoms with van der Waals surface area (Å²) in [6, 6.07) is 9.44. The van der Waals surface area contributed by atoms with Crippen LogP contribution in [0.2, 0.25) is 0 Å². The smallest absolute Gasteiger partial charge is 0.263 e. The van der Waals surface area contributed by atoms with E-state index >= 15 is 0 Å². The number of ketones is 1. The average molecular weight is 356 g/mol. The van der Waals surface area contributed by atoms with Crippen LogP contribution in [0.3, 0.4) is 0 Å². The third-order valence-electron chi connectivity index (χ3n) is 3.62. The molecule has 0 saturated heterocycles. The summed E-state index contributed by atoms with van der Waals surface area (Å²) in [6.07, 6.45) is 4.53. The van der Waals surface area contributed by atoms with Crippen molar-refractivity contribution in [2.75, 3.05) is 4.72 Å². The van der Waals surface area contributed by atoms with Crippen LogP contribution in [0.1, 0.15) is 21.7 Å². The van der Waals surface area contributed by atoms with Crippen molar-refractivity contribution in [1.29, 1.82) is 0 Å². The van der Waals surface area contributed by atoms with Crippen molar-refractivity contribution in [2.45, 2.75) is 11.8 Å². The number of hydrogen-bond acceptors (Lipinski definition) is 5. The van der Waals surface area contributed by atoms with Gasteiger partial charge in [-0.3, -0.25) is 9.52 Å². The molecule has 3 aromatic rings. The predicted molar refractivity (Wildman–Crippen MR) is 92.9 cm³/mol. The molecule has 0 unspecified atom stereocenters. The zero-order valence-corrected chi connectivity index (χ0v) is 14.5. The van der Waals surface area contributed by atoms with Crippen molar-refractivity contribution >= 4 is 21.6 Å². The van der Waals surface area contributed by atoms with Gasteiger partial charge in [0.15, 0.2) is 5.82 Å². The second-order valence-electron chi connectivity index (χ2n) is 5.54. The number of carbonyl (C=O) groups excluding carboxylic acids is 1. The minimum Gasteiger partial charge on any atom is -0.331 e. The molecular weight excluding hydrogens is 340 g/mol. The molecule has 7 nitrogen and oxygen atoms in total. The molecule has 0 saturated carbocycles. The first-order valence-corrected chi connectivity index (χ1v) is 8.93. The summed E-state index contributed by atoms with van der Waals surface area (Å²) in [4.78, 5) is 20.5. The lowest BCUT2D eigenvalue weighted by Gasteiger charge is -2.08. The normalized spacial score (nSPS) is 11.3. The van der Waals surface area contributed by atoms with E-state index in [0.717, 1.165) is 5.56 Å². The van der Waals surface area contributed by atoms with Crippen molar-refractivity contribution in [2.24, 2.45) is 7.05 Å². The van der Waals surface area contributed by atoms with E-state index in [-0.39, 0.29) is 22.3 Å². The van der Waals surface area contributed by atoms with E-state index in [1.807, 2.05) is 6.92 Å². The number of carbonyl (C=O) groups is 1. The quantitative estimate of drug-likeness (QED) is 0.707. The van der Waals surface area contributed by atoms with Gasteiger partial charge >= 0.3 is 0 Å². The zero-order valence-electron chi connectivity index (χ0n) is 13.7. The molecule has 0 radical (unpaired) electrons. The van der Waals surface area contributed by atoms with Crippen LogP contribution in [-0.4, -0.2) is 28.7 Å². The van der Waals surface area contributed by atoms with Crippen LogP contribution in [-0.2, 0) is 17.1 Å². The highest BCUT2D eigenvalue weighted by Gasteiger charge is 2.17. The number of anilines is 1. The molecule has 0 aliphatic heterocycles. The van der Waals surface area contributed by atoms with Gasteiger partial charge in [-0.1, -0.05) is 17.7 Å². The molecule has 0 bridgehead atoms. The highest BCUT2D eigenvalue weighted by atomic mass is 32.2. The number of benzene rings is 1. The first kappa shape index (κ1) is 16.8. The van der Waals surface area contributed by atoms with Crippen molar-refractivity contribution in [1.82, 2.24) is 14.5 Å². The van der Waals surface area contributed by atoms with Crippen LogP contribution in [0.25, 0.3) is 0 Å². The van der Waals surface area contributed by atoms with Gasteiger partial charge in [0.05, 0.1) is 4.90 Å². The van der Waals surface area contributed by atoms with Crippen molar-refractivity contribution in [3.05, 3.63) is 71.9 Å². The van der Waals surface area contributed by atoms with E-state index in [2.05, 4.69) is 14.7 Å². The van der Waals surface area contributed by atoms with Crippen LogP contribution in [0.5, 0.6) is 0 Å². The van der Waals surface area contributed by atoms with Crippen molar-refractivity contribution in [3.8, 4) is 0 Å². The first-order valence-electron chi connectivity index (χ1n) is 7.44. The lowest BCUT2D eigenvalue weighted by Crippen LogP contribution is -2.14. The summed E-state index contributed by atoms with van der Waals surface area (Å²) < 4.78 is 28.7. The Balaban J connectivity index is 1.80. The number of hydrogen-bond donors (Lipinski definition) is 1. The first-order chi connectivity index (χ1) is 11.9. The maximum absolute atomic E-state index is 12.3. The van der Waals surface area contributed by atoms with Crippen molar-refractivity contribution < 1.29 is 13.2 Å². The molecule has 25 heavy (non-hydrogen) atoms. The molecule has 3 rings (SSSR count). The van der Waals surface area contributed by atoms with Gasteiger partial charge in [-0.2, -0.15) is 0 Å². The summed E-state index contributed by atoms with van der Waals surface area (Å²) in [7, 11) is -2.01. The number of nitrogens with zero attached hydrogens (tertiary/aromatic N) is 3. The second-order valence-corrected chi connectivity index (χ2v) is 7.22. The fourth-order valence-corrected chi connectivity index (χ4v) is 3.22. The van der Waals surface area contributed by atoms with Crippen LogP contribution in [0.4, 0.5) is 5.82 Å². The van der Waals surface area contributed by atoms with Gasteiger partial charge in [0.2, 0.25) is 5.78 Å². The molecule has 1 N–H and O–H groups in total. The molecule has 8 heteroatoms. The van der Waals surface area contributed by atoms with E-state index in [4.69, 9.17) is 0 Å². The van der Waals surface area contributed by atoms with E-state index < -0.39 is 10.0 Å². The van der Waals surface area contributed by atoms with Crippen LogP contribution < -0.4 is 4.72 Å². The lowest BCUT2D eigenvalue weighted by molar-refractivity contribution is 0.102. The van der Waals surface area contributed by atoms with Crippen LogP contribution in [0.15, 0.2) is 59.9 Å². The summed E-state index contributed by atoms with van der Waals surface area (Å²) in [5.41, 5.74) is 1.29. The van der Waals surface area contributed by atoms with Gasteiger partial charge in [-0.15, -0.1) is 0 Å². The Morgan fingerprint density at radius 1 is 1.08 bits per heavy atom. The molecular formula is C17H16N4O3S. The van der Waals surface area contributed by atoms with E-state index in [1.54, 1.807) is 29.9 Å². The Morgan fingerprint density at radius 3 is 2.36 bits per heavy atom. The minimum absolute atomic E-state index is 0.136. The Kier molecular flexibility index (Phi) is 4.37. The van der Waals surface area contributed by atoms with E-state index in [1.165, 1.54) is 36.7 Å². The van der Waals surface area contributed by atoms with Crippen LogP contribution >= 0.6 is 0 Å². The molecule has 0 aliphatic rings. The molecule has 0 atom stereocenters. The molecule has 2 aromatic heterocycles. The molecule has 0 fully saturated rings. The maximum Gasteiger partial charge on any atom is 0.263 e. The lowest BCUT2D eigenvalue weighted by atomic mass is 10.2. The molecule has 0 amide bonds. The highest BCUT2D eigenvalue weighted by molar-refractivity contribution is 7.92. The van der Waals surface area contributed by atoms with Crippen molar-refractivity contribution in [3.63, 3.8) is 0 Å². The number of aromatic nitrogens is 3. The highest BCUT2D eigenvalue weighted by Crippen LogP contribution is 2.16. The third-order valence-corrected chi connectivity index (χ3v) is 4.99. The third kappa shape index (κ3) is 3.58. The number of imidazole rings is 1. The Hall–Kier alpha value is -3.00. The summed E-state index contributed by atoms with van der Waals surface area (Å²) in [6.45, 7) is 1.88. The number of sulfonamides is 1. The standard InChI is InChI=1S/C17H16N4O3S/c1-12-3-6-14(7-4-12)25(23,24)20-15-8-5-13(11-19-15)16(22)17-18-9-10-21(17)2/h3-11H,1-2H3,(H,19,20). The zero-order chi connectivity index (χ0) is 18.0. The van der Waals surface area contributed by atoms with Crippen LogP contribution in [0, 0.1) is 6.92 Å². The number of rotatable bonds is 5.